The molecule has 0 aromatic heterocycles. The number of ether oxygens (including phenoxy) is 2. The highest BCUT2D eigenvalue weighted by Crippen LogP contribution is 2.34. The highest BCUT2D eigenvalue weighted by atomic mass is 19.4. The number of hydrogen-bond donors (Lipinski definition) is 3. The molecule has 0 radical (unpaired) electrons. The van der Waals surface area contributed by atoms with Crippen molar-refractivity contribution in [3.8, 4) is 16.9 Å². The van der Waals surface area contributed by atoms with Crippen LogP contribution in [0.25, 0.3) is 11.1 Å². The van der Waals surface area contributed by atoms with E-state index in [1.54, 1.807) is 80.6 Å². The summed E-state index contributed by atoms with van der Waals surface area (Å²) < 4.78 is 50.9. The third kappa shape index (κ3) is 8.71. The Morgan fingerprint density at radius 1 is 0.780 bits per heavy atom. The Morgan fingerprint density at radius 2 is 1.44 bits per heavy atom. The van der Waals surface area contributed by atoms with E-state index in [9.17, 15) is 27.6 Å². The monoisotopic (exact) mass is 687 g/mol. The van der Waals surface area contributed by atoms with E-state index < -0.39 is 29.0 Å². The van der Waals surface area contributed by atoms with Gasteiger partial charge < -0.3 is 25.4 Å². The molecule has 8 nitrogen and oxygen atoms in total. The molecule has 0 aliphatic heterocycles. The van der Waals surface area contributed by atoms with E-state index in [1.807, 2.05) is 13.0 Å². The minimum absolute atomic E-state index is 0.154. The number of hydrogen-bond acceptors (Lipinski definition) is 6. The number of benzene rings is 4. The summed E-state index contributed by atoms with van der Waals surface area (Å²) in [5.41, 5.74) is 0.844. The number of likely N-dealkylation sites (N-methyl/N-ethyl adjacent to an activating group) is 2. The minimum Gasteiger partial charge on any atom is -0.492 e. The first-order valence-corrected chi connectivity index (χ1v) is 16.2. The maximum absolute atomic E-state index is 13.6. The summed E-state index contributed by atoms with van der Waals surface area (Å²) in [5.74, 6) is -1.15. The molecule has 0 fully saturated rings. The SMILES string of the molecule is C=C(NCC)C(COC(=O)Cc1ccc(NC(=O)c2ccccc2-c2ccc(C(F)(F)F)cc2)c(OCC)c1)(C(=O)NCC)c1ccccc1. The van der Waals surface area contributed by atoms with Crippen LogP contribution in [-0.2, 0) is 32.3 Å². The van der Waals surface area contributed by atoms with Crippen molar-refractivity contribution in [3.05, 3.63) is 132 Å². The lowest BCUT2D eigenvalue weighted by molar-refractivity contribution is -0.146. The second-order valence-electron chi connectivity index (χ2n) is 11.3. The molecule has 4 aromatic carbocycles. The standard InChI is InChI=1S/C39H40F3N3O5/c1-5-43-26(4)38(37(48)44-6-2,29-13-9-8-10-14-29)25-50-35(46)24-27-17-22-33(34(23-27)49-7-3)45-36(47)32-16-12-11-15-31(32)28-18-20-30(21-19-28)39(40,41)42/h8-23,43H,4-7,24-25H2,1-3H3,(H,44,48)(H,45,47). The van der Waals surface area contributed by atoms with Crippen LogP contribution >= 0.6 is 0 Å². The molecule has 2 amide bonds. The lowest BCUT2D eigenvalue weighted by atomic mass is 9.77. The first kappa shape index (κ1) is 37.2. The molecule has 1 atom stereocenters. The smallest absolute Gasteiger partial charge is 0.416 e. The number of esters is 1. The summed E-state index contributed by atoms with van der Waals surface area (Å²) in [4.78, 5) is 40.3. The highest BCUT2D eigenvalue weighted by Gasteiger charge is 2.44. The largest absolute Gasteiger partial charge is 0.492 e. The topological polar surface area (TPSA) is 106 Å². The Morgan fingerprint density at radius 3 is 2.08 bits per heavy atom. The summed E-state index contributed by atoms with van der Waals surface area (Å²) in [6, 6.07) is 25.0. The van der Waals surface area contributed by atoms with Crippen molar-refractivity contribution in [1.82, 2.24) is 10.6 Å². The van der Waals surface area contributed by atoms with Crippen molar-refractivity contribution in [2.24, 2.45) is 0 Å². The van der Waals surface area contributed by atoms with Gasteiger partial charge in [0.25, 0.3) is 5.91 Å². The molecule has 3 N–H and O–H groups in total. The average Bonchev–Trinajstić information content (AvgIpc) is 3.10. The van der Waals surface area contributed by atoms with Gasteiger partial charge in [-0.1, -0.05) is 73.3 Å². The molecule has 4 aromatic rings. The molecular weight excluding hydrogens is 647 g/mol. The molecule has 262 valence electrons. The van der Waals surface area contributed by atoms with Crippen LogP contribution in [0.3, 0.4) is 0 Å². The first-order valence-electron chi connectivity index (χ1n) is 16.2. The molecule has 4 rings (SSSR count). The first-order chi connectivity index (χ1) is 23.9. The molecule has 0 aliphatic rings. The van der Waals surface area contributed by atoms with E-state index in [2.05, 4.69) is 22.5 Å². The lowest BCUT2D eigenvalue weighted by Crippen LogP contribution is -2.52. The Balaban J connectivity index is 1.54. The summed E-state index contributed by atoms with van der Waals surface area (Å²) in [7, 11) is 0. The number of amides is 2. The summed E-state index contributed by atoms with van der Waals surface area (Å²) in [6.07, 6.45) is -4.63. The van der Waals surface area contributed by atoms with Gasteiger partial charge in [0.2, 0.25) is 5.91 Å². The fourth-order valence-electron chi connectivity index (χ4n) is 5.50. The number of nitrogens with one attached hydrogen (secondary N) is 3. The summed E-state index contributed by atoms with van der Waals surface area (Å²) >= 11 is 0. The number of anilines is 1. The van der Waals surface area contributed by atoms with E-state index in [1.165, 1.54) is 12.1 Å². The normalized spacial score (nSPS) is 12.3. The van der Waals surface area contributed by atoms with Gasteiger partial charge in [-0.25, -0.2) is 0 Å². The van der Waals surface area contributed by atoms with Gasteiger partial charge in [-0.2, -0.15) is 13.2 Å². The van der Waals surface area contributed by atoms with Gasteiger partial charge in [-0.05, 0) is 73.4 Å². The van der Waals surface area contributed by atoms with E-state index in [4.69, 9.17) is 9.47 Å². The van der Waals surface area contributed by atoms with Gasteiger partial charge >= 0.3 is 12.1 Å². The Kier molecular flexibility index (Phi) is 12.4. The quantitative estimate of drug-likeness (QED) is 0.113. The van der Waals surface area contributed by atoms with Crippen LogP contribution in [0.1, 0.15) is 47.8 Å². The molecule has 0 saturated carbocycles. The molecule has 0 bridgehead atoms. The zero-order valence-electron chi connectivity index (χ0n) is 28.2. The van der Waals surface area contributed by atoms with Gasteiger partial charge in [-0.15, -0.1) is 0 Å². The summed E-state index contributed by atoms with van der Waals surface area (Å²) in [6.45, 7) is 10.4. The molecule has 0 spiro atoms. The molecular formula is C39H40F3N3O5. The molecule has 0 heterocycles. The number of rotatable bonds is 15. The van der Waals surface area contributed by atoms with Crippen molar-refractivity contribution < 1.29 is 37.0 Å². The van der Waals surface area contributed by atoms with Crippen LogP contribution in [0.5, 0.6) is 5.75 Å². The highest BCUT2D eigenvalue weighted by molar-refractivity contribution is 6.09. The van der Waals surface area contributed by atoms with E-state index in [0.29, 0.717) is 52.5 Å². The summed E-state index contributed by atoms with van der Waals surface area (Å²) in [5, 5.41) is 8.81. The molecule has 0 saturated heterocycles. The fourth-order valence-corrected chi connectivity index (χ4v) is 5.50. The third-order valence-electron chi connectivity index (χ3n) is 7.98. The third-order valence-corrected chi connectivity index (χ3v) is 7.98. The van der Waals surface area contributed by atoms with Crippen LogP contribution in [0.4, 0.5) is 18.9 Å². The van der Waals surface area contributed by atoms with Crippen molar-refractivity contribution in [3.63, 3.8) is 0 Å². The van der Waals surface area contributed by atoms with Crippen LogP contribution < -0.4 is 20.7 Å². The Bertz CT molecular complexity index is 1790. The fraction of sp³-hybridized carbons (Fsp3) is 0.256. The van der Waals surface area contributed by atoms with Crippen molar-refractivity contribution in [2.75, 3.05) is 31.6 Å². The predicted molar refractivity (Wildman–Crippen MR) is 187 cm³/mol. The molecule has 11 heteroatoms. The van der Waals surface area contributed by atoms with E-state index in [0.717, 1.165) is 12.1 Å². The minimum atomic E-state index is -4.48. The second kappa shape index (κ2) is 16.7. The van der Waals surface area contributed by atoms with Crippen LogP contribution in [0, 0.1) is 0 Å². The van der Waals surface area contributed by atoms with Crippen molar-refractivity contribution in [1.29, 1.82) is 0 Å². The Hall–Kier alpha value is -5.58. The number of carbonyl (C=O) groups is 3. The number of alkyl halides is 3. The maximum Gasteiger partial charge on any atom is 0.416 e. The van der Waals surface area contributed by atoms with Gasteiger partial charge in [0.1, 0.15) is 17.8 Å². The van der Waals surface area contributed by atoms with Crippen LogP contribution in [0.2, 0.25) is 0 Å². The lowest BCUT2D eigenvalue weighted by Gasteiger charge is -2.34. The Labute approximate surface area is 289 Å². The maximum atomic E-state index is 13.6. The zero-order valence-corrected chi connectivity index (χ0v) is 28.2. The van der Waals surface area contributed by atoms with E-state index in [-0.39, 0.29) is 31.1 Å². The average molecular weight is 688 g/mol. The van der Waals surface area contributed by atoms with Crippen LogP contribution in [0.15, 0.2) is 109 Å². The van der Waals surface area contributed by atoms with Crippen molar-refractivity contribution in [2.45, 2.75) is 38.8 Å². The van der Waals surface area contributed by atoms with Gasteiger partial charge in [0.15, 0.2) is 0 Å². The van der Waals surface area contributed by atoms with E-state index >= 15 is 0 Å². The zero-order chi connectivity index (χ0) is 36.3. The molecule has 0 aliphatic carbocycles. The molecule has 50 heavy (non-hydrogen) atoms. The van der Waals surface area contributed by atoms with Gasteiger partial charge in [0.05, 0.1) is 24.3 Å². The van der Waals surface area contributed by atoms with Gasteiger partial charge in [0, 0.05) is 24.4 Å². The van der Waals surface area contributed by atoms with Crippen molar-refractivity contribution >= 4 is 23.5 Å². The predicted octanol–water partition coefficient (Wildman–Crippen LogP) is 7.31. The second-order valence-corrected chi connectivity index (χ2v) is 11.3. The van der Waals surface area contributed by atoms with Crippen LogP contribution in [-0.4, -0.2) is 44.1 Å². The number of carbonyl (C=O) groups excluding carboxylic acids is 3. The molecule has 1 unspecified atom stereocenters. The number of halogens is 3. The van der Waals surface area contributed by atoms with Gasteiger partial charge in [-0.3, -0.25) is 14.4 Å².